The summed E-state index contributed by atoms with van der Waals surface area (Å²) >= 11 is 0. The molecule has 0 aromatic heterocycles. The molecule has 0 saturated carbocycles. The van der Waals surface area contributed by atoms with E-state index in [1.165, 1.54) is 10.5 Å². The molecular weight excluding hydrogens is 332 g/mol. The average Bonchev–Trinajstić information content (AvgIpc) is 3.08. The minimum atomic E-state index is -0.872. The molecule has 0 spiro atoms. The molecule has 0 aliphatic carbocycles. The molecule has 26 heavy (non-hydrogen) atoms. The van der Waals surface area contributed by atoms with E-state index in [1.54, 1.807) is 17.6 Å². The highest BCUT2D eigenvalue weighted by Gasteiger charge is 2.39. The van der Waals surface area contributed by atoms with E-state index >= 15 is 0 Å². The molecule has 1 heterocycles. The van der Waals surface area contributed by atoms with Crippen LogP contribution in [0.4, 0.5) is 0 Å². The molecule has 1 unspecified atom stereocenters. The maximum absolute atomic E-state index is 12.7. The molecule has 136 valence electrons. The smallest absolute Gasteiger partial charge is 0.266 e. The fraction of sp³-hybridized carbons (Fsp3) is 0.300. The van der Waals surface area contributed by atoms with E-state index in [1.807, 2.05) is 24.3 Å². The van der Waals surface area contributed by atoms with Crippen molar-refractivity contribution in [1.82, 2.24) is 10.4 Å². The van der Waals surface area contributed by atoms with Crippen molar-refractivity contribution in [2.45, 2.75) is 31.9 Å². The van der Waals surface area contributed by atoms with Crippen molar-refractivity contribution < 1.29 is 19.9 Å². The molecule has 3 rings (SSSR count). The first-order chi connectivity index (χ1) is 12.5. The van der Waals surface area contributed by atoms with Gasteiger partial charge in [0.25, 0.3) is 11.8 Å². The molecule has 0 bridgehead atoms. The van der Waals surface area contributed by atoms with Gasteiger partial charge in [0.05, 0.1) is 6.10 Å². The highest BCUT2D eigenvalue weighted by Crippen LogP contribution is 2.24. The largest absolute Gasteiger partial charge is 0.391 e. The van der Waals surface area contributed by atoms with Gasteiger partial charge in [-0.15, -0.1) is 0 Å². The number of hydrogen-bond donors (Lipinski definition) is 3. The quantitative estimate of drug-likeness (QED) is 0.579. The van der Waals surface area contributed by atoms with Crippen molar-refractivity contribution in [2.75, 3.05) is 6.54 Å². The Hall–Kier alpha value is -2.70. The molecule has 2 amide bonds. The molecule has 1 aliphatic rings. The van der Waals surface area contributed by atoms with Gasteiger partial charge in [-0.05, 0) is 35.2 Å². The Bertz CT molecular complexity index is 786. The van der Waals surface area contributed by atoms with Crippen LogP contribution in [0.5, 0.6) is 0 Å². The van der Waals surface area contributed by atoms with E-state index in [0.717, 1.165) is 17.5 Å². The van der Waals surface area contributed by atoms with Crippen LogP contribution >= 0.6 is 0 Å². The van der Waals surface area contributed by atoms with E-state index in [4.69, 9.17) is 5.21 Å². The van der Waals surface area contributed by atoms with Gasteiger partial charge < -0.3 is 10.0 Å². The van der Waals surface area contributed by atoms with Crippen molar-refractivity contribution in [3.8, 4) is 11.1 Å². The van der Waals surface area contributed by atoms with Gasteiger partial charge in [0.15, 0.2) is 0 Å². The minimum Gasteiger partial charge on any atom is -0.391 e. The standard InChI is InChI=1S/C20H22N2O4/c1-2-13-3-5-14(6-4-13)15-7-9-16(10-8-15)20(25)22-12-17(23)11-18(22)19(24)21-26/h3-10,17-18,23,26H,2,11-12H2,1H3,(H,21,24)/t17?,18-/m0/s1. The average molecular weight is 354 g/mol. The van der Waals surface area contributed by atoms with E-state index in [-0.39, 0.29) is 18.9 Å². The molecule has 3 N–H and O–H groups in total. The number of nitrogens with one attached hydrogen (secondary N) is 1. The van der Waals surface area contributed by atoms with Gasteiger partial charge in [-0.3, -0.25) is 14.8 Å². The van der Waals surface area contributed by atoms with Crippen LogP contribution in [0.1, 0.15) is 29.3 Å². The van der Waals surface area contributed by atoms with Crippen LogP contribution in [-0.4, -0.2) is 45.7 Å². The number of aliphatic hydroxyl groups is 1. The summed E-state index contributed by atoms with van der Waals surface area (Å²) < 4.78 is 0. The number of aliphatic hydroxyl groups excluding tert-OH is 1. The zero-order chi connectivity index (χ0) is 18.7. The molecular formula is C20H22N2O4. The monoisotopic (exact) mass is 354 g/mol. The molecule has 2 aromatic rings. The summed E-state index contributed by atoms with van der Waals surface area (Å²) in [6.45, 7) is 2.17. The first-order valence-corrected chi connectivity index (χ1v) is 8.65. The zero-order valence-electron chi connectivity index (χ0n) is 14.6. The van der Waals surface area contributed by atoms with Crippen molar-refractivity contribution in [3.63, 3.8) is 0 Å². The van der Waals surface area contributed by atoms with Gasteiger partial charge in [0.2, 0.25) is 0 Å². The van der Waals surface area contributed by atoms with Crippen LogP contribution in [0.2, 0.25) is 0 Å². The lowest BCUT2D eigenvalue weighted by Crippen LogP contribution is -2.45. The fourth-order valence-electron chi connectivity index (χ4n) is 3.27. The van der Waals surface area contributed by atoms with Crippen LogP contribution in [-0.2, 0) is 11.2 Å². The number of carbonyl (C=O) groups is 2. The van der Waals surface area contributed by atoms with Gasteiger partial charge >= 0.3 is 0 Å². The van der Waals surface area contributed by atoms with Crippen molar-refractivity contribution >= 4 is 11.8 Å². The summed E-state index contributed by atoms with van der Waals surface area (Å²) in [4.78, 5) is 25.7. The predicted molar refractivity (Wildman–Crippen MR) is 96.6 cm³/mol. The summed E-state index contributed by atoms with van der Waals surface area (Å²) in [6, 6.07) is 14.5. The topological polar surface area (TPSA) is 89.9 Å². The van der Waals surface area contributed by atoms with Crippen molar-refractivity contribution in [2.24, 2.45) is 0 Å². The molecule has 0 radical (unpaired) electrons. The highest BCUT2D eigenvalue weighted by atomic mass is 16.5. The van der Waals surface area contributed by atoms with E-state index in [0.29, 0.717) is 5.56 Å². The maximum atomic E-state index is 12.7. The zero-order valence-corrected chi connectivity index (χ0v) is 14.6. The van der Waals surface area contributed by atoms with Crippen LogP contribution in [0, 0.1) is 0 Å². The number of likely N-dealkylation sites (tertiary alicyclic amines) is 1. The Kier molecular flexibility index (Phi) is 5.35. The third-order valence-electron chi connectivity index (χ3n) is 4.78. The van der Waals surface area contributed by atoms with Gasteiger partial charge in [-0.2, -0.15) is 0 Å². The fourth-order valence-corrected chi connectivity index (χ4v) is 3.27. The van der Waals surface area contributed by atoms with Gasteiger partial charge in [0.1, 0.15) is 6.04 Å². The summed E-state index contributed by atoms with van der Waals surface area (Å²) in [5.41, 5.74) is 5.32. The van der Waals surface area contributed by atoms with Crippen LogP contribution in [0.3, 0.4) is 0 Å². The van der Waals surface area contributed by atoms with E-state index in [2.05, 4.69) is 19.1 Å². The minimum absolute atomic E-state index is 0.0666. The number of β-amino-alcohol motifs (C(OH)–C–C–N with tert-alkyl or cyclic N) is 1. The molecule has 2 atom stereocenters. The Morgan fingerprint density at radius 3 is 2.19 bits per heavy atom. The maximum Gasteiger partial charge on any atom is 0.266 e. The lowest BCUT2D eigenvalue weighted by atomic mass is 10.0. The van der Waals surface area contributed by atoms with Crippen LogP contribution in [0.15, 0.2) is 48.5 Å². The second-order valence-electron chi connectivity index (χ2n) is 6.47. The van der Waals surface area contributed by atoms with Crippen LogP contribution in [0.25, 0.3) is 11.1 Å². The number of amides is 2. The summed E-state index contributed by atoms with van der Waals surface area (Å²) in [7, 11) is 0. The lowest BCUT2D eigenvalue weighted by Gasteiger charge is -2.22. The first-order valence-electron chi connectivity index (χ1n) is 8.65. The van der Waals surface area contributed by atoms with Gasteiger partial charge in [0, 0.05) is 18.5 Å². The normalized spacial score (nSPS) is 19.4. The number of hydrogen-bond acceptors (Lipinski definition) is 4. The molecule has 1 saturated heterocycles. The molecule has 1 aliphatic heterocycles. The third-order valence-corrected chi connectivity index (χ3v) is 4.78. The van der Waals surface area contributed by atoms with Gasteiger partial charge in [-0.1, -0.05) is 43.3 Å². The molecule has 6 heteroatoms. The van der Waals surface area contributed by atoms with Gasteiger partial charge in [-0.25, -0.2) is 5.48 Å². The number of aryl methyl sites for hydroxylation is 1. The Balaban J connectivity index is 1.79. The lowest BCUT2D eigenvalue weighted by molar-refractivity contribution is -0.133. The number of hydroxylamine groups is 1. The van der Waals surface area contributed by atoms with Crippen LogP contribution < -0.4 is 5.48 Å². The second-order valence-corrected chi connectivity index (χ2v) is 6.47. The Morgan fingerprint density at radius 1 is 1.08 bits per heavy atom. The Labute approximate surface area is 152 Å². The van der Waals surface area contributed by atoms with Crippen molar-refractivity contribution in [1.29, 1.82) is 0 Å². The third kappa shape index (κ3) is 3.61. The van der Waals surface area contributed by atoms with Crippen molar-refractivity contribution in [3.05, 3.63) is 59.7 Å². The first kappa shape index (κ1) is 18.1. The van der Waals surface area contributed by atoms with E-state index in [9.17, 15) is 14.7 Å². The number of benzene rings is 2. The summed E-state index contributed by atoms with van der Waals surface area (Å²) in [6.07, 6.45) is 0.315. The second kappa shape index (κ2) is 7.68. The Morgan fingerprint density at radius 2 is 1.65 bits per heavy atom. The molecule has 6 nitrogen and oxygen atoms in total. The highest BCUT2D eigenvalue weighted by molar-refractivity contribution is 5.98. The molecule has 1 fully saturated rings. The predicted octanol–water partition coefficient (Wildman–Crippen LogP) is 2.00. The molecule has 2 aromatic carbocycles. The SMILES string of the molecule is CCc1ccc(-c2ccc(C(=O)N3CC(O)C[C@H]3C(=O)NO)cc2)cc1. The number of carbonyl (C=O) groups excluding carboxylic acids is 2. The summed E-state index contributed by atoms with van der Waals surface area (Å²) in [5, 5.41) is 18.6. The number of nitrogens with zero attached hydrogens (tertiary/aromatic N) is 1. The number of rotatable bonds is 4. The van der Waals surface area contributed by atoms with E-state index < -0.39 is 18.1 Å². The summed E-state index contributed by atoms with van der Waals surface area (Å²) in [5.74, 6) is -1.04.